The summed E-state index contributed by atoms with van der Waals surface area (Å²) < 4.78 is 0. The fourth-order valence-electron chi connectivity index (χ4n) is 3.03. The minimum absolute atomic E-state index is 0.0316. The van der Waals surface area contributed by atoms with Crippen LogP contribution in [0.15, 0.2) is 0 Å². The number of carbonyl (C=O) groups excluding carboxylic acids is 1. The third-order valence-electron chi connectivity index (χ3n) is 4.18. The normalized spacial score (nSPS) is 24.4. The molecule has 0 aromatic heterocycles. The fourth-order valence-corrected chi connectivity index (χ4v) is 3.03. The summed E-state index contributed by atoms with van der Waals surface area (Å²) in [6.07, 6.45) is 4.41. The van der Waals surface area contributed by atoms with Gasteiger partial charge < -0.3 is 16.2 Å². The van der Waals surface area contributed by atoms with E-state index in [0.717, 1.165) is 32.1 Å². The number of nitrogens with two attached hydrogens (primary N) is 1. The Labute approximate surface area is 121 Å². The van der Waals surface area contributed by atoms with Crippen LogP contribution in [0.2, 0.25) is 0 Å². The van der Waals surface area contributed by atoms with Crippen molar-refractivity contribution in [3.63, 3.8) is 0 Å². The van der Waals surface area contributed by atoms with Crippen molar-refractivity contribution in [3.8, 4) is 0 Å². The van der Waals surface area contributed by atoms with Crippen LogP contribution in [0, 0.1) is 23.7 Å². The van der Waals surface area contributed by atoms with E-state index < -0.39 is 5.97 Å². The van der Waals surface area contributed by atoms with Gasteiger partial charge in [0.1, 0.15) is 0 Å². The monoisotopic (exact) mass is 284 g/mol. The van der Waals surface area contributed by atoms with E-state index in [0.29, 0.717) is 19.0 Å². The lowest BCUT2D eigenvalue weighted by Crippen LogP contribution is -2.41. The van der Waals surface area contributed by atoms with Crippen LogP contribution in [-0.2, 0) is 9.59 Å². The molecular weight excluding hydrogens is 256 g/mol. The summed E-state index contributed by atoms with van der Waals surface area (Å²) >= 11 is 0. The van der Waals surface area contributed by atoms with E-state index in [-0.39, 0.29) is 23.7 Å². The predicted octanol–water partition coefficient (Wildman–Crippen LogP) is 1.61. The fraction of sp³-hybridized carbons (Fsp3) is 0.867. The van der Waals surface area contributed by atoms with E-state index in [1.165, 1.54) is 0 Å². The number of carboxylic acid groups (broad SMARTS) is 1. The van der Waals surface area contributed by atoms with Gasteiger partial charge in [-0.25, -0.2) is 0 Å². The summed E-state index contributed by atoms with van der Waals surface area (Å²) in [5, 5.41) is 12.1. The first-order chi connectivity index (χ1) is 9.45. The Morgan fingerprint density at radius 1 is 1.30 bits per heavy atom. The molecule has 0 bridgehead atoms. The van der Waals surface area contributed by atoms with Crippen LogP contribution in [-0.4, -0.2) is 30.1 Å². The van der Waals surface area contributed by atoms with Crippen molar-refractivity contribution in [1.82, 2.24) is 5.32 Å². The average Bonchev–Trinajstić information content (AvgIpc) is 2.42. The molecule has 0 heterocycles. The molecule has 0 spiro atoms. The van der Waals surface area contributed by atoms with Crippen LogP contribution < -0.4 is 11.1 Å². The first kappa shape index (κ1) is 17.0. The highest BCUT2D eigenvalue weighted by molar-refractivity contribution is 5.79. The van der Waals surface area contributed by atoms with E-state index in [9.17, 15) is 14.7 Å². The summed E-state index contributed by atoms with van der Waals surface area (Å²) in [5.74, 6) is -0.761. The SMILES string of the molecule is CC(C)CC(CN)C(=O)NCC1CCCCC1C(=O)O. The predicted molar refractivity (Wildman–Crippen MR) is 78.1 cm³/mol. The molecular formula is C15H28N2O3. The Morgan fingerprint density at radius 2 is 1.95 bits per heavy atom. The largest absolute Gasteiger partial charge is 0.481 e. The van der Waals surface area contributed by atoms with Crippen molar-refractivity contribution in [3.05, 3.63) is 0 Å². The van der Waals surface area contributed by atoms with Crippen molar-refractivity contribution in [2.24, 2.45) is 29.4 Å². The maximum absolute atomic E-state index is 12.1. The van der Waals surface area contributed by atoms with Crippen LogP contribution in [0.5, 0.6) is 0 Å². The molecule has 0 radical (unpaired) electrons. The van der Waals surface area contributed by atoms with Gasteiger partial charge in [-0.15, -0.1) is 0 Å². The molecule has 20 heavy (non-hydrogen) atoms. The quantitative estimate of drug-likeness (QED) is 0.662. The molecule has 3 atom stereocenters. The van der Waals surface area contributed by atoms with E-state index in [1.54, 1.807) is 0 Å². The average molecular weight is 284 g/mol. The van der Waals surface area contributed by atoms with Gasteiger partial charge in [-0.05, 0) is 31.1 Å². The molecule has 5 nitrogen and oxygen atoms in total. The second-order valence-corrected chi connectivity index (χ2v) is 6.30. The minimum atomic E-state index is -0.735. The van der Waals surface area contributed by atoms with Gasteiger partial charge in [-0.1, -0.05) is 26.7 Å². The zero-order chi connectivity index (χ0) is 15.1. The Morgan fingerprint density at radius 3 is 2.50 bits per heavy atom. The molecule has 1 fully saturated rings. The number of carbonyl (C=O) groups is 2. The first-order valence-electron chi connectivity index (χ1n) is 7.66. The second kappa shape index (κ2) is 8.25. The van der Waals surface area contributed by atoms with E-state index in [2.05, 4.69) is 19.2 Å². The molecule has 3 unspecified atom stereocenters. The Balaban J connectivity index is 2.47. The molecule has 4 N–H and O–H groups in total. The summed E-state index contributed by atoms with van der Waals surface area (Å²) in [7, 11) is 0. The van der Waals surface area contributed by atoms with Crippen molar-refractivity contribution < 1.29 is 14.7 Å². The van der Waals surface area contributed by atoms with Gasteiger partial charge in [0, 0.05) is 13.1 Å². The zero-order valence-electron chi connectivity index (χ0n) is 12.6. The van der Waals surface area contributed by atoms with Crippen molar-refractivity contribution in [2.45, 2.75) is 46.0 Å². The van der Waals surface area contributed by atoms with Gasteiger partial charge in [0.15, 0.2) is 0 Å². The van der Waals surface area contributed by atoms with Crippen LogP contribution in [0.25, 0.3) is 0 Å². The van der Waals surface area contributed by atoms with Crippen LogP contribution in [0.3, 0.4) is 0 Å². The molecule has 1 aliphatic rings. The van der Waals surface area contributed by atoms with Gasteiger partial charge in [-0.3, -0.25) is 9.59 Å². The van der Waals surface area contributed by atoms with Gasteiger partial charge in [0.05, 0.1) is 11.8 Å². The molecule has 1 aliphatic carbocycles. The lowest BCUT2D eigenvalue weighted by Gasteiger charge is -2.29. The topological polar surface area (TPSA) is 92.4 Å². The van der Waals surface area contributed by atoms with Crippen molar-refractivity contribution in [1.29, 1.82) is 0 Å². The molecule has 1 rings (SSSR count). The number of aliphatic carboxylic acids is 1. The Kier molecular flexibility index (Phi) is 6.99. The number of hydrogen-bond donors (Lipinski definition) is 3. The molecule has 116 valence electrons. The second-order valence-electron chi connectivity index (χ2n) is 6.30. The minimum Gasteiger partial charge on any atom is -0.481 e. The van der Waals surface area contributed by atoms with E-state index in [1.807, 2.05) is 0 Å². The lowest BCUT2D eigenvalue weighted by atomic mass is 9.79. The molecule has 1 saturated carbocycles. The molecule has 0 aliphatic heterocycles. The molecule has 0 aromatic rings. The lowest BCUT2D eigenvalue weighted by molar-refractivity contribution is -0.145. The summed E-state index contributed by atoms with van der Waals surface area (Å²) in [6, 6.07) is 0. The van der Waals surface area contributed by atoms with E-state index in [4.69, 9.17) is 5.73 Å². The van der Waals surface area contributed by atoms with Gasteiger partial charge >= 0.3 is 5.97 Å². The van der Waals surface area contributed by atoms with Crippen LogP contribution in [0.4, 0.5) is 0 Å². The van der Waals surface area contributed by atoms with Gasteiger partial charge in [0.2, 0.25) is 5.91 Å². The smallest absolute Gasteiger partial charge is 0.306 e. The summed E-state index contributed by atoms with van der Waals surface area (Å²) in [6.45, 7) is 4.94. The highest BCUT2D eigenvalue weighted by Gasteiger charge is 2.31. The third-order valence-corrected chi connectivity index (χ3v) is 4.18. The van der Waals surface area contributed by atoms with Gasteiger partial charge in [0.25, 0.3) is 0 Å². The van der Waals surface area contributed by atoms with Crippen molar-refractivity contribution in [2.75, 3.05) is 13.1 Å². The molecule has 1 amide bonds. The molecule has 0 aromatic carbocycles. The number of nitrogens with one attached hydrogen (secondary N) is 1. The Bertz CT molecular complexity index is 331. The number of rotatable bonds is 7. The van der Waals surface area contributed by atoms with Crippen LogP contribution >= 0.6 is 0 Å². The molecule has 5 heteroatoms. The summed E-state index contributed by atoms with van der Waals surface area (Å²) in [4.78, 5) is 23.3. The number of hydrogen-bond acceptors (Lipinski definition) is 3. The maximum atomic E-state index is 12.1. The third kappa shape index (κ3) is 5.12. The summed E-state index contributed by atoms with van der Waals surface area (Å²) in [5.41, 5.74) is 5.65. The number of carboxylic acids is 1. The highest BCUT2D eigenvalue weighted by Crippen LogP contribution is 2.29. The van der Waals surface area contributed by atoms with Crippen LogP contribution in [0.1, 0.15) is 46.0 Å². The zero-order valence-corrected chi connectivity index (χ0v) is 12.6. The molecule has 0 saturated heterocycles. The van der Waals surface area contributed by atoms with Gasteiger partial charge in [-0.2, -0.15) is 0 Å². The maximum Gasteiger partial charge on any atom is 0.306 e. The standard InChI is InChI=1S/C15H28N2O3/c1-10(2)7-12(8-16)14(18)17-9-11-5-3-4-6-13(11)15(19)20/h10-13H,3-9,16H2,1-2H3,(H,17,18)(H,19,20). The number of amides is 1. The first-order valence-corrected chi connectivity index (χ1v) is 7.66. The van der Waals surface area contributed by atoms with Crippen molar-refractivity contribution >= 4 is 11.9 Å². The highest BCUT2D eigenvalue weighted by atomic mass is 16.4. The van der Waals surface area contributed by atoms with E-state index >= 15 is 0 Å². The Hall–Kier alpha value is -1.10.